The molecule has 10 heteroatoms. The molecule has 0 aliphatic rings. The number of H-pyrrole nitrogens is 1. The Morgan fingerprint density at radius 1 is 1.21 bits per heavy atom. The van der Waals surface area contributed by atoms with Gasteiger partial charge >= 0.3 is 6.18 Å². The van der Waals surface area contributed by atoms with E-state index in [4.69, 9.17) is 4.74 Å². The summed E-state index contributed by atoms with van der Waals surface area (Å²) in [6.07, 6.45) is -2.15. The Morgan fingerprint density at radius 3 is 2.72 bits per heavy atom. The molecule has 0 aliphatic carbocycles. The largest absolute Gasteiger partial charge is 0.486 e. The Balaban J connectivity index is 1.52. The van der Waals surface area contributed by atoms with Gasteiger partial charge in [0, 0.05) is 24.1 Å². The maximum Gasteiger partial charge on any atom is 0.434 e. The van der Waals surface area contributed by atoms with Crippen LogP contribution in [0.5, 0.6) is 5.75 Å². The number of nitrogens with one attached hydrogen (secondary N) is 1. The van der Waals surface area contributed by atoms with Crippen LogP contribution in [0.4, 0.5) is 13.2 Å². The average Bonchev–Trinajstić information content (AvgIpc) is 3.32. The van der Waals surface area contributed by atoms with Crippen molar-refractivity contribution in [3.63, 3.8) is 0 Å². The molecule has 0 fully saturated rings. The fourth-order valence-electron chi connectivity index (χ4n) is 2.78. The predicted octanol–water partition coefficient (Wildman–Crippen LogP) is 4.33. The van der Waals surface area contributed by atoms with Gasteiger partial charge in [-0.3, -0.25) is 9.36 Å². The fraction of sp³-hybridized carbons (Fsp3) is 0.211. The summed E-state index contributed by atoms with van der Waals surface area (Å²) in [6, 6.07) is 8.31. The summed E-state index contributed by atoms with van der Waals surface area (Å²) in [6.45, 7) is 1.85. The van der Waals surface area contributed by atoms with Crippen LogP contribution in [0.3, 0.4) is 0 Å². The Morgan fingerprint density at radius 2 is 2.03 bits per heavy atom. The van der Waals surface area contributed by atoms with Crippen LogP contribution in [0.15, 0.2) is 46.7 Å². The van der Waals surface area contributed by atoms with Gasteiger partial charge in [0.05, 0.1) is 16.7 Å². The maximum absolute atomic E-state index is 12.6. The number of pyridine rings is 1. The summed E-state index contributed by atoms with van der Waals surface area (Å²) in [5.41, 5.74) is 1.04. The van der Waals surface area contributed by atoms with Gasteiger partial charge in [-0.25, -0.2) is 9.97 Å². The smallest absolute Gasteiger partial charge is 0.434 e. The Kier molecular flexibility index (Phi) is 4.87. The summed E-state index contributed by atoms with van der Waals surface area (Å²) in [7, 11) is 0. The van der Waals surface area contributed by atoms with Crippen LogP contribution >= 0.6 is 11.3 Å². The van der Waals surface area contributed by atoms with Crippen molar-refractivity contribution in [2.75, 3.05) is 0 Å². The van der Waals surface area contributed by atoms with E-state index in [-0.39, 0.29) is 22.9 Å². The van der Waals surface area contributed by atoms with Gasteiger partial charge < -0.3 is 9.72 Å². The number of aromatic nitrogens is 4. The minimum Gasteiger partial charge on any atom is -0.486 e. The molecule has 150 valence electrons. The molecule has 4 aromatic rings. The molecule has 0 bridgehead atoms. The van der Waals surface area contributed by atoms with Gasteiger partial charge in [0.2, 0.25) is 0 Å². The summed E-state index contributed by atoms with van der Waals surface area (Å²) in [5, 5.41) is 1.12. The maximum atomic E-state index is 12.6. The lowest BCUT2D eigenvalue weighted by Crippen LogP contribution is -2.16. The van der Waals surface area contributed by atoms with Gasteiger partial charge in [-0.05, 0) is 24.3 Å². The molecule has 3 heterocycles. The number of thiazole rings is 1. The molecule has 29 heavy (non-hydrogen) atoms. The number of benzene rings is 1. The lowest BCUT2D eigenvalue weighted by molar-refractivity contribution is -0.140. The highest BCUT2D eigenvalue weighted by Crippen LogP contribution is 2.30. The normalized spacial score (nSPS) is 11.9. The highest BCUT2D eigenvalue weighted by atomic mass is 32.1. The lowest BCUT2D eigenvalue weighted by Gasteiger charge is -2.08. The van der Waals surface area contributed by atoms with E-state index in [1.54, 1.807) is 18.3 Å². The minimum absolute atomic E-state index is 0.149. The quantitative estimate of drug-likeness (QED) is 0.522. The molecule has 0 saturated heterocycles. The van der Waals surface area contributed by atoms with Crippen LogP contribution in [0, 0.1) is 0 Å². The summed E-state index contributed by atoms with van der Waals surface area (Å²) < 4.78 is 44.7. The third-order valence-corrected chi connectivity index (χ3v) is 5.05. The fourth-order valence-corrected chi connectivity index (χ4v) is 3.50. The first-order chi connectivity index (χ1) is 13.8. The van der Waals surface area contributed by atoms with Gasteiger partial charge in [-0.1, -0.05) is 6.92 Å². The molecular formula is C19H15F3N4O2S. The highest BCUT2D eigenvalue weighted by Gasteiger charge is 2.33. The molecule has 1 N–H and O–H groups in total. The minimum atomic E-state index is -4.48. The van der Waals surface area contributed by atoms with E-state index in [0.29, 0.717) is 5.69 Å². The SMILES string of the molecule is CCc1nc2ccc(-n3ccc(OCc4nc(C(F)(F)F)cs4)cc3=O)cc2[nH]1. The number of fused-ring (bicyclic) bond motifs is 1. The van der Waals surface area contributed by atoms with Crippen LogP contribution in [0.2, 0.25) is 0 Å². The Hall–Kier alpha value is -3.14. The van der Waals surface area contributed by atoms with Gasteiger partial charge in [0.25, 0.3) is 5.56 Å². The number of nitrogens with zero attached hydrogens (tertiary/aromatic N) is 3. The standard InChI is InChI=1S/C19H15F3N4O2S/c1-2-16-23-13-4-3-11(7-14(13)24-16)26-6-5-12(8-18(26)27)28-9-17-25-15(10-29-17)19(20,21)22/h3-8,10H,2,9H2,1H3,(H,23,24). The molecule has 3 aromatic heterocycles. The van der Waals surface area contributed by atoms with Gasteiger partial charge in [-0.15, -0.1) is 11.3 Å². The number of halogens is 3. The molecule has 0 amide bonds. The Labute approximate surface area is 166 Å². The van der Waals surface area contributed by atoms with Crippen LogP contribution < -0.4 is 10.3 Å². The molecule has 4 rings (SSSR count). The predicted molar refractivity (Wildman–Crippen MR) is 103 cm³/mol. The zero-order chi connectivity index (χ0) is 20.6. The first-order valence-electron chi connectivity index (χ1n) is 8.69. The van der Waals surface area contributed by atoms with E-state index in [0.717, 1.165) is 40.0 Å². The molecule has 0 radical (unpaired) electrons. The number of aryl methyl sites for hydroxylation is 1. The molecule has 6 nitrogen and oxygen atoms in total. The van der Waals surface area contributed by atoms with Gasteiger partial charge in [-0.2, -0.15) is 13.2 Å². The third kappa shape index (κ3) is 4.02. The molecular weight excluding hydrogens is 405 g/mol. The average molecular weight is 420 g/mol. The van der Waals surface area contributed by atoms with E-state index in [9.17, 15) is 18.0 Å². The van der Waals surface area contributed by atoms with Crippen LogP contribution in [-0.2, 0) is 19.2 Å². The number of aromatic amines is 1. The van der Waals surface area contributed by atoms with Crippen LogP contribution in [0.25, 0.3) is 16.7 Å². The molecule has 0 unspecified atom stereocenters. The summed E-state index contributed by atoms with van der Waals surface area (Å²) >= 11 is 0.856. The zero-order valence-corrected chi connectivity index (χ0v) is 16.0. The Bertz CT molecular complexity index is 1230. The van der Waals surface area contributed by atoms with Crippen LogP contribution in [0.1, 0.15) is 23.4 Å². The molecule has 0 aliphatic heterocycles. The van der Waals surface area contributed by atoms with Crippen molar-refractivity contribution in [1.29, 1.82) is 0 Å². The van der Waals surface area contributed by atoms with Crippen molar-refractivity contribution in [3.8, 4) is 11.4 Å². The van der Waals surface area contributed by atoms with Gasteiger partial charge in [0.1, 0.15) is 23.2 Å². The van der Waals surface area contributed by atoms with Crippen molar-refractivity contribution in [2.45, 2.75) is 26.1 Å². The van der Waals surface area contributed by atoms with Crippen molar-refractivity contribution >= 4 is 22.4 Å². The number of imidazole rings is 1. The number of ether oxygens (including phenoxy) is 1. The monoisotopic (exact) mass is 420 g/mol. The number of alkyl halides is 3. The number of hydrogen-bond acceptors (Lipinski definition) is 5. The number of hydrogen-bond donors (Lipinski definition) is 1. The summed E-state index contributed by atoms with van der Waals surface area (Å²) in [5.74, 6) is 1.12. The van der Waals surface area contributed by atoms with Crippen molar-refractivity contribution in [3.05, 3.63) is 68.8 Å². The van der Waals surface area contributed by atoms with Crippen molar-refractivity contribution < 1.29 is 17.9 Å². The van der Waals surface area contributed by atoms with E-state index in [1.807, 2.05) is 19.1 Å². The molecule has 1 aromatic carbocycles. The molecule has 0 saturated carbocycles. The van der Waals surface area contributed by atoms with Crippen LogP contribution in [-0.4, -0.2) is 19.5 Å². The van der Waals surface area contributed by atoms with E-state index in [2.05, 4.69) is 15.0 Å². The molecule has 0 atom stereocenters. The second-order valence-corrected chi connectivity index (χ2v) is 7.16. The van der Waals surface area contributed by atoms with E-state index in [1.165, 1.54) is 10.6 Å². The second kappa shape index (κ2) is 7.36. The molecule has 0 spiro atoms. The highest BCUT2D eigenvalue weighted by molar-refractivity contribution is 7.09. The van der Waals surface area contributed by atoms with Crippen molar-refractivity contribution in [1.82, 2.24) is 19.5 Å². The van der Waals surface area contributed by atoms with Crippen molar-refractivity contribution in [2.24, 2.45) is 0 Å². The lowest BCUT2D eigenvalue weighted by atomic mass is 10.2. The van der Waals surface area contributed by atoms with Gasteiger partial charge in [0.15, 0.2) is 5.69 Å². The zero-order valence-electron chi connectivity index (χ0n) is 15.2. The number of rotatable bonds is 5. The summed E-state index contributed by atoms with van der Waals surface area (Å²) in [4.78, 5) is 23.6. The third-order valence-electron chi connectivity index (χ3n) is 4.22. The topological polar surface area (TPSA) is 72.8 Å². The van der Waals surface area contributed by atoms with E-state index >= 15 is 0 Å². The first-order valence-corrected chi connectivity index (χ1v) is 9.57. The second-order valence-electron chi connectivity index (χ2n) is 6.22. The first kappa shape index (κ1) is 19.2. The van der Waals surface area contributed by atoms with E-state index < -0.39 is 11.9 Å².